The summed E-state index contributed by atoms with van der Waals surface area (Å²) in [4.78, 5) is 30.1. The highest BCUT2D eigenvalue weighted by Crippen LogP contribution is 2.30. The maximum atomic E-state index is 12.4. The van der Waals surface area contributed by atoms with E-state index in [1.807, 2.05) is 60.7 Å². The zero-order valence-corrected chi connectivity index (χ0v) is 14.7. The van der Waals surface area contributed by atoms with Gasteiger partial charge < -0.3 is 15.0 Å². The highest BCUT2D eigenvalue weighted by Gasteiger charge is 2.21. The van der Waals surface area contributed by atoms with E-state index < -0.39 is 0 Å². The van der Waals surface area contributed by atoms with Crippen molar-refractivity contribution < 1.29 is 14.3 Å². The molecule has 1 N–H and O–H groups in total. The van der Waals surface area contributed by atoms with Gasteiger partial charge in [-0.05, 0) is 12.1 Å². The second kappa shape index (κ2) is 7.45. The second-order valence-electron chi connectivity index (χ2n) is 6.34. The Morgan fingerprint density at radius 3 is 2.70 bits per heavy atom. The molecule has 1 saturated heterocycles. The average molecular weight is 361 g/mol. The number of pyridine rings is 1. The molecule has 6 heteroatoms. The largest absolute Gasteiger partial charge is 0.483 e. The van der Waals surface area contributed by atoms with Crippen molar-refractivity contribution in [3.05, 3.63) is 60.7 Å². The van der Waals surface area contributed by atoms with Crippen LogP contribution < -0.4 is 10.1 Å². The molecule has 0 spiro atoms. The summed E-state index contributed by atoms with van der Waals surface area (Å²) in [6.45, 7) is 0.936. The molecular formula is C21H19N3O3. The van der Waals surface area contributed by atoms with Crippen molar-refractivity contribution in [1.82, 2.24) is 15.2 Å². The van der Waals surface area contributed by atoms with Crippen molar-refractivity contribution in [1.29, 1.82) is 0 Å². The number of ether oxygens (including phenoxy) is 1. The third kappa shape index (κ3) is 3.74. The Labute approximate surface area is 156 Å². The van der Waals surface area contributed by atoms with Crippen molar-refractivity contribution in [3.8, 4) is 17.0 Å². The molecule has 136 valence electrons. The molecule has 0 radical (unpaired) electrons. The molecule has 0 aliphatic carbocycles. The summed E-state index contributed by atoms with van der Waals surface area (Å²) in [5.41, 5.74) is 2.57. The minimum Gasteiger partial charge on any atom is -0.483 e. The molecule has 1 aliphatic rings. The van der Waals surface area contributed by atoms with Gasteiger partial charge in [0.05, 0.1) is 17.8 Å². The zero-order chi connectivity index (χ0) is 18.6. The first-order valence-corrected chi connectivity index (χ1v) is 8.83. The standard InChI is InChI=1S/C21H19N3O3/c25-20-13-24(11-10-22-20)21(26)14-27-19-12-18(15-6-2-1-3-7-15)23-17-9-5-4-8-16(17)19/h1-9,12H,10-11,13-14H2,(H,22,25). The van der Waals surface area contributed by atoms with Crippen molar-refractivity contribution in [2.75, 3.05) is 26.2 Å². The van der Waals surface area contributed by atoms with Crippen LogP contribution in [0.3, 0.4) is 0 Å². The van der Waals surface area contributed by atoms with Crippen LogP contribution in [0.4, 0.5) is 0 Å². The van der Waals surface area contributed by atoms with Gasteiger partial charge in [0.1, 0.15) is 5.75 Å². The number of fused-ring (bicyclic) bond motifs is 1. The minimum absolute atomic E-state index is 0.0779. The summed E-state index contributed by atoms with van der Waals surface area (Å²) >= 11 is 0. The van der Waals surface area contributed by atoms with Crippen LogP contribution in [0.15, 0.2) is 60.7 Å². The van der Waals surface area contributed by atoms with Crippen LogP contribution in [0.2, 0.25) is 0 Å². The molecule has 1 aliphatic heterocycles. The van der Waals surface area contributed by atoms with E-state index in [2.05, 4.69) is 5.32 Å². The highest BCUT2D eigenvalue weighted by molar-refractivity contribution is 5.89. The van der Waals surface area contributed by atoms with Gasteiger partial charge in [0.25, 0.3) is 5.91 Å². The summed E-state index contributed by atoms with van der Waals surface area (Å²) in [6.07, 6.45) is 0. The Hall–Kier alpha value is -3.41. The third-order valence-electron chi connectivity index (χ3n) is 4.49. The number of carbonyl (C=O) groups excluding carboxylic acids is 2. The predicted octanol–water partition coefficient (Wildman–Crippen LogP) is 2.24. The Bertz CT molecular complexity index is 988. The molecule has 0 atom stereocenters. The van der Waals surface area contributed by atoms with E-state index in [4.69, 9.17) is 9.72 Å². The topological polar surface area (TPSA) is 71.5 Å². The molecule has 27 heavy (non-hydrogen) atoms. The monoisotopic (exact) mass is 361 g/mol. The summed E-state index contributed by atoms with van der Waals surface area (Å²) in [6, 6.07) is 19.4. The van der Waals surface area contributed by atoms with E-state index in [1.54, 1.807) is 0 Å². The SMILES string of the molecule is O=C1CN(C(=O)COc2cc(-c3ccccc3)nc3ccccc23)CCN1. The molecule has 0 unspecified atom stereocenters. The molecular weight excluding hydrogens is 342 g/mol. The highest BCUT2D eigenvalue weighted by atomic mass is 16.5. The van der Waals surface area contributed by atoms with Crippen LogP contribution in [-0.2, 0) is 9.59 Å². The number of aromatic nitrogens is 1. The van der Waals surface area contributed by atoms with E-state index in [-0.39, 0.29) is 25.0 Å². The minimum atomic E-state index is -0.202. The van der Waals surface area contributed by atoms with E-state index in [1.165, 1.54) is 4.90 Å². The van der Waals surface area contributed by atoms with E-state index in [0.717, 1.165) is 22.2 Å². The van der Waals surface area contributed by atoms with Crippen LogP contribution in [0, 0.1) is 0 Å². The zero-order valence-electron chi connectivity index (χ0n) is 14.7. The van der Waals surface area contributed by atoms with Gasteiger partial charge in [-0.1, -0.05) is 42.5 Å². The third-order valence-corrected chi connectivity index (χ3v) is 4.49. The fourth-order valence-electron chi connectivity index (χ4n) is 3.10. The molecule has 3 aromatic rings. The number of carbonyl (C=O) groups is 2. The first-order valence-electron chi connectivity index (χ1n) is 8.83. The number of nitrogens with one attached hydrogen (secondary N) is 1. The average Bonchev–Trinajstić information content (AvgIpc) is 2.72. The summed E-state index contributed by atoms with van der Waals surface area (Å²) < 4.78 is 5.87. The second-order valence-corrected chi connectivity index (χ2v) is 6.34. The summed E-state index contributed by atoms with van der Waals surface area (Å²) in [5.74, 6) is 0.261. The van der Waals surface area contributed by atoms with E-state index in [0.29, 0.717) is 18.8 Å². The van der Waals surface area contributed by atoms with E-state index in [9.17, 15) is 9.59 Å². The molecule has 2 aromatic carbocycles. The van der Waals surface area contributed by atoms with Gasteiger partial charge in [-0.2, -0.15) is 0 Å². The van der Waals surface area contributed by atoms with Crippen LogP contribution in [0.25, 0.3) is 22.2 Å². The van der Waals surface area contributed by atoms with Gasteiger partial charge in [0, 0.05) is 30.1 Å². The number of piperazine rings is 1. The van der Waals surface area contributed by atoms with Gasteiger partial charge in [0.15, 0.2) is 6.61 Å². The number of benzene rings is 2. The van der Waals surface area contributed by atoms with Crippen LogP contribution in [0.5, 0.6) is 5.75 Å². The predicted molar refractivity (Wildman–Crippen MR) is 102 cm³/mol. The Morgan fingerprint density at radius 2 is 1.89 bits per heavy atom. The molecule has 0 bridgehead atoms. The lowest BCUT2D eigenvalue weighted by Crippen LogP contribution is -2.51. The molecule has 4 rings (SSSR count). The fraction of sp³-hybridized carbons (Fsp3) is 0.190. The lowest BCUT2D eigenvalue weighted by atomic mass is 10.1. The van der Waals surface area contributed by atoms with Crippen molar-refractivity contribution in [2.24, 2.45) is 0 Å². The molecule has 2 amide bonds. The van der Waals surface area contributed by atoms with Crippen LogP contribution in [0.1, 0.15) is 0 Å². The molecule has 0 saturated carbocycles. The normalized spacial score (nSPS) is 14.1. The van der Waals surface area contributed by atoms with Gasteiger partial charge in [0.2, 0.25) is 5.91 Å². The first-order chi connectivity index (χ1) is 13.2. The molecule has 6 nitrogen and oxygen atoms in total. The fourth-order valence-corrected chi connectivity index (χ4v) is 3.10. The lowest BCUT2D eigenvalue weighted by molar-refractivity contribution is -0.139. The van der Waals surface area contributed by atoms with Crippen molar-refractivity contribution in [2.45, 2.75) is 0 Å². The maximum absolute atomic E-state index is 12.4. The van der Waals surface area contributed by atoms with Gasteiger partial charge in [-0.15, -0.1) is 0 Å². The Balaban J connectivity index is 1.60. The van der Waals surface area contributed by atoms with Gasteiger partial charge in [-0.25, -0.2) is 4.98 Å². The van der Waals surface area contributed by atoms with Gasteiger partial charge >= 0.3 is 0 Å². The number of hydrogen-bond donors (Lipinski definition) is 1. The van der Waals surface area contributed by atoms with Crippen molar-refractivity contribution >= 4 is 22.7 Å². The first kappa shape index (κ1) is 17.0. The molecule has 1 fully saturated rings. The summed E-state index contributed by atoms with van der Waals surface area (Å²) in [7, 11) is 0. The number of rotatable bonds is 4. The number of para-hydroxylation sites is 1. The van der Waals surface area contributed by atoms with E-state index >= 15 is 0 Å². The Kier molecular flexibility index (Phi) is 4.70. The Morgan fingerprint density at radius 1 is 1.11 bits per heavy atom. The number of nitrogens with zero attached hydrogens (tertiary/aromatic N) is 2. The van der Waals surface area contributed by atoms with Gasteiger partial charge in [-0.3, -0.25) is 9.59 Å². The molecule has 2 heterocycles. The maximum Gasteiger partial charge on any atom is 0.261 e. The molecule has 1 aromatic heterocycles. The van der Waals surface area contributed by atoms with Crippen molar-refractivity contribution in [3.63, 3.8) is 0 Å². The smallest absolute Gasteiger partial charge is 0.261 e. The number of amides is 2. The number of hydrogen-bond acceptors (Lipinski definition) is 4. The van der Waals surface area contributed by atoms with Crippen LogP contribution in [-0.4, -0.2) is 47.9 Å². The quantitative estimate of drug-likeness (QED) is 0.774. The summed E-state index contributed by atoms with van der Waals surface area (Å²) in [5, 5.41) is 3.56. The lowest BCUT2D eigenvalue weighted by Gasteiger charge is -2.26. The van der Waals surface area contributed by atoms with Crippen LogP contribution >= 0.6 is 0 Å².